The van der Waals surface area contributed by atoms with Gasteiger partial charge in [-0.2, -0.15) is 31.4 Å². The first-order chi connectivity index (χ1) is 19.6. The molecule has 232 valence electrons. The van der Waals surface area contributed by atoms with Gasteiger partial charge in [0.1, 0.15) is 5.82 Å². The van der Waals surface area contributed by atoms with E-state index in [-0.39, 0.29) is 31.5 Å². The first-order valence-corrected chi connectivity index (χ1v) is 13.1. The monoisotopic (exact) mass is 610 g/mol. The van der Waals surface area contributed by atoms with Crippen LogP contribution in [0.5, 0.6) is 0 Å². The molecule has 1 saturated carbocycles. The van der Waals surface area contributed by atoms with Crippen molar-refractivity contribution < 1.29 is 44.7 Å². The number of halogens is 8. The van der Waals surface area contributed by atoms with E-state index in [0.717, 1.165) is 11.1 Å². The van der Waals surface area contributed by atoms with Crippen molar-refractivity contribution in [3.05, 3.63) is 47.5 Å². The number of rotatable bonds is 9. The van der Waals surface area contributed by atoms with Crippen molar-refractivity contribution >= 4 is 22.8 Å². The quantitative estimate of drug-likeness (QED) is 0.252. The van der Waals surface area contributed by atoms with Crippen molar-refractivity contribution in [1.82, 2.24) is 30.4 Å². The molecule has 0 saturated heterocycles. The number of imidazole rings is 1. The number of aryl methyl sites for hydroxylation is 1. The number of nitrogens with zero attached hydrogens (tertiary/aromatic N) is 3. The molecule has 4 rings (SSSR count). The molecule has 1 aliphatic rings. The van der Waals surface area contributed by atoms with Gasteiger partial charge in [0.2, 0.25) is 11.8 Å². The minimum absolute atomic E-state index is 0.00472. The average Bonchev–Trinajstić information content (AvgIpc) is 3.54. The minimum atomic E-state index is -4.40. The fraction of sp³-hybridized carbons (Fsp3) is 0.538. The summed E-state index contributed by atoms with van der Waals surface area (Å²) in [7, 11) is 0. The van der Waals surface area contributed by atoms with Crippen LogP contribution in [0.3, 0.4) is 0 Å². The van der Waals surface area contributed by atoms with E-state index in [2.05, 4.69) is 25.7 Å². The van der Waals surface area contributed by atoms with Crippen LogP contribution in [0.1, 0.15) is 73.1 Å². The lowest BCUT2D eigenvalue weighted by Gasteiger charge is -2.20. The zero-order chi connectivity index (χ0) is 31.0. The van der Waals surface area contributed by atoms with Crippen LogP contribution in [-0.2, 0) is 24.4 Å². The maximum atomic E-state index is 12.3. The SMILES string of the molecule is FC1(F)CCCCC1.O=C(CCC(F)(F)F)NCc1ccc2nc(CNC(=O)c3cnn(CCC(F)(F)F)c3)[nH]c2c1. The normalized spacial score (nSPS) is 15.1. The molecule has 0 aliphatic heterocycles. The fourth-order valence-corrected chi connectivity index (χ4v) is 4.03. The summed E-state index contributed by atoms with van der Waals surface area (Å²) in [5.41, 5.74) is 1.89. The predicted octanol–water partition coefficient (Wildman–Crippen LogP) is 6.19. The number of carbonyl (C=O) groups is 2. The number of hydrogen-bond donors (Lipinski definition) is 3. The van der Waals surface area contributed by atoms with Gasteiger partial charge in [-0.25, -0.2) is 13.8 Å². The summed E-state index contributed by atoms with van der Waals surface area (Å²) in [4.78, 5) is 31.1. The predicted molar refractivity (Wildman–Crippen MR) is 135 cm³/mol. The highest BCUT2D eigenvalue weighted by molar-refractivity contribution is 5.93. The van der Waals surface area contributed by atoms with E-state index in [1.807, 2.05) is 0 Å². The first kappa shape index (κ1) is 32.8. The first-order valence-electron chi connectivity index (χ1n) is 13.1. The smallest absolute Gasteiger partial charge is 0.352 e. The van der Waals surface area contributed by atoms with E-state index in [1.54, 1.807) is 18.2 Å². The van der Waals surface area contributed by atoms with E-state index in [0.29, 0.717) is 35.3 Å². The summed E-state index contributed by atoms with van der Waals surface area (Å²) in [6.07, 6.45) is -6.58. The zero-order valence-corrected chi connectivity index (χ0v) is 22.3. The molecule has 0 spiro atoms. The summed E-state index contributed by atoms with van der Waals surface area (Å²) >= 11 is 0. The molecule has 3 N–H and O–H groups in total. The molecule has 16 heteroatoms. The molecule has 1 aromatic carbocycles. The molecular formula is C26H30F8N6O2. The number of aromatic amines is 1. The standard InChI is InChI=1S/C20H20F6N6O2.C6H10F2/c21-19(22,23)4-3-17(33)27-8-12-1-2-14-15(7-12)31-16(30-14)10-28-18(34)13-9-29-32(11-13)6-5-20(24,25)26;7-6(8)4-2-1-3-5-6/h1-2,7,9,11H,3-6,8,10H2,(H,27,33)(H,28,34)(H,30,31);1-5H2. The van der Waals surface area contributed by atoms with Crippen LogP contribution in [-0.4, -0.2) is 49.8 Å². The van der Waals surface area contributed by atoms with Gasteiger partial charge in [-0.1, -0.05) is 12.5 Å². The maximum Gasteiger partial charge on any atom is 0.390 e. The Morgan fingerprint density at radius 2 is 1.64 bits per heavy atom. The van der Waals surface area contributed by atoms with Crippen molar-refractivity contribution in [3.63, 3.8) is 0 Å². The molecule has 8 nitrogen and oxygen atoms in total. The van der Waals surface area contributed by atoms with Crippen molar-refractivity contribution in [1.29, 1.82) is 0 Å². The molecule has 0 radical (unpaired) electrons. The number of aromatic nitrogens is 4. The van der Waals surface area contributed by atoms with Crippen LogP contribution in [0.25, 0.3) is 11.0 Å². The van der Waals surface area contributed by atoms with Crippen LogP contribution in [0.2, 0.25) is 0 Å². The Balaban J connectivity index is 0.000000521. The molecule has 1 aliphatic carbocycles. The summed E-state index contributed by atoms with van der Waals surface area (Å²) in [6, 6.07) is 4.98. The molecular weight excluding hydrogens is 580 g/mol. The summed E-state index contributed by atoms with van der Waals surface area (Å²) in [6.45, 7) is -0.355. The summed E-state index contributed by atoms with van der Waals surface area (Å²) in [5.74, 6) is -3.18. The number of fused-ring (bicyclic) bond motifs is 1. The summed E-state index contributed by atoms with van der Waals surface area (Å²) in [5, 5.41) is 8.75. The Bertz CT molecular complexity index is 1320. The maximum absolute atomic E-state index is 12.3. The van der Waals surface area contributed by atoms with Gasteiger partial charge in [0.05, 0.1) is 42.2 Å². The van der Waals surface area contributed by atoms with Crippen LogP contribution in [0.15, 0.2) is 30.6 Å². The molecule has 1 fully saturated rings. The highest BCUT2D eigenvalue weighted by Crippen LogP contribution is 2.32. The molecule has 0 atom stereocenters. The van der Waals surface area contributed by atoms with E-state index >= 15 is 0 Å². The molecule has 3 aromatic rings. The van der Waals surface area contributed by atoms with E-state index < -0.39 is 55.9 Å². The topological polar surface area (TPSA) is 105 Å². The van der Waals surface area contributed by atoms with Gasteiger partial charge in [0.15, 0.2) is 0 Å². The summed E-state index contributed by atoms with van der Waals surface area (Å²) < 4.78 is 98.8. The lowest BCUT2D eigenvalue weighted by atomic mass is 9.97. The minimum Gasteiger partial charge on any atom is -0.352 e. The van der Waals surface area contributed by atoms with Crippen LogP contribution in [0, 0.1) is 0 Å². The largest absolute Gasteiger partial charge is 0.390 e. The van der Waals surface area contributed by atoms with Crippen LogP contribution in [0.4, 0.5) is 35.1 Å². The lowest BCUT2D eigenvalue weighted by Crippen LogP contribution is -2.24. The fourth-order valence-electron chi connectivity index (χ4n) is 4.03. The van der Waals surface area contributed by atoms with Crippen molar-refractivity contribution in [2.75, 3.05) is 0 Å². The molecule has 2 aromatic heterocycles. The highest BCUT2D eigenvalue weighted by atomic mass is 19.4. The van der Waals surface area contributed by atoms with Crippen molar-refractivity contribution in [2.45, 2.75) is 89.3 Å². The van der Waals surface area contributed by atoms with Gasteiger partial charge in [0, 0.05) is 38.5 Å². The Labute approximate surface area is 235 Å². The van der Waals surface area contributed by atoms with Gasteiger partial charge >= 0.3 is 12.4 Å². The second-order valence-electron chi connectivity index (χ2n) is 9.88. The van der Waals surface area contributed by atoms with E-state index in [9.17, 15) is 44.7 Å². The Morgan fingerprint density at radius 1 is 0.952 bits per heavy atom. The van der Waals surface area contributed by atoms with Gasteiger partial charge in [-0.05, 0) is 30.5 Å². The average molecular weight is 611 g/mol. The molecule has 0 bridgehead atoms. The third kappa shape index (κ3) is 11.6. The Kier molecular flexibility index (Phi) is 10.9. The number of benzene rings is 1. The second kappa shape index (κ2) is 14.0. The van der Waals surface area contributed by atoms with Crippen LogP contribution < -0.4 is 10.6 Å². The number of nitrogens with one attached hydrogen (secondary N) is 3. The number of alkyl halides is 8. The highest BCUT2D eigenvalue weighted by Gasteiger charge is 2.30. The van der Waals surface area contributed by atoms with Gasteiger partial charge in [-0.3, -0.25) is 14.3 Å². The lowest BCUT2D eigenvalue weighted by molar-refractivity contribution is -0.144. The van der Waals surface area contributed by atoms with Gasteiger partial charge in [-0.15, -0.1) is 0 Å². The van der Waals surface area contributed by atoms with Crippen molar-refractivity contribution in [3.8, 4) is 0 Å². The molecule has 2 amide bonds. The number of amides is 2. The number of hydrogen-bond acceptors (Lipinski definition) is 4. The number of H-pyrrole nitrogens is 1. The van der Waals surface area contributed by atoms with Crippen LogP contribution >= 0.6 is 0 Å². The third-order valence-electron chi connectivity index (χ3n) is 6.24. The van der Waals surface area contributed by atoms with Crippen molar-refractivity contribution in [2.24, 2.45) is 0 Å². The molecule has 0 unspecified atom stereocenters. The number of carbonyl (C=O) groups excluding carboxylic acids is 2. The van der Waals surface area contributed by atoms with Gasteiger partial charge in [0.25, 0.3) is 5.91 Å². The second-order valence-corrected chi connectivity index (χ2v) is 9.88. The van der Waals surface area contributed by atoms with E-state index in [4.69, 9.17) is 0 Å². The Hall–Kier alpha value is -3.72. The third-order valence-corrected chi connectivity index (χ3v) is 6.24. The molecule has 2 heterocycles. The Morgan fingerprint density at radius 3 is 2.26 bits per heavy atom. The van der Waals surface area contributed by atoms with E-state index in [1.165, 1.54) is 12.4 Å². The van der Waals surface area contributed by atoms with Gasteiger partial charge < -0.3 is 15.6 Å². The molecule has 42 heavy (non-hydrogen) atoms. The zero-order valence-electron chi connectivity index (χ0n) is 22.3.